The summed E-state index contributed by atoms with van der Waals surface area (Å²) in [4.78, 5) is 23.4. The number of nitrogens with two attached hydrogens (primary N) is 1. The lowest BCUT2D eigenvalue weighted by Gasteiger charge is -2.18. The standard InChI is InChI=1S/C14H27N3O2/c1-10(2)13(15)14(19)16-9-12(18)17-11-7-5-3-4-6-8-11/h10-11,13H,3-9,15H2,1-2H3,(H,16,19)(H,17,18)/t13-/m0/s1. The van der Waals surface area contributed by atoms with Crippen LogP contribution in [-0.4, -0.2) is 30.4 Å². The van der Waals surface area contributed by atoms with Crippen molar-refractivity contribution in [1.82, 2.24) is 10.6 Å². The van der Waals surface area contributed by atoms with E-state index < -0.39 is 6.04 Å². The average Bonchev–Trinajstić information content (AvgIpc) is 2.63. The van der Waals surface area contributed by atoms with Crippen molar-refractivity contribution >= 4 is 11.8 Å². The van der Waals surface area contributed by atoms with Gasteiger partial charge in [-0.25, -0.2) is 0 Å². The minimum atomic E-state index is -0.550. The van der Waals surface area contributed by atoms with E-state index in [1.807, 2.05) is 13.8 Å². The molecule has 2 amide bonds. The van der Waals surface area contributed by atoms with Crippen molar-refractivity contribution in [1.29, 1.82) is 0 Å². The molecule has 1 rings (SSSR count). The summed E-state index contributed by atoms with van der Waals surface area (Å²) >= 11 is 0. The van der Waals surface area contributed by atoms with Crippen molar-refractivity contribution in [3.05, 3.63) is 0 Å². The molecule has 0 heterocycles. The number of amides is 2. The minimum absolute atomic E-state index is 0.0236. The van der Waals surface area contributed by atoms with Crippen LogP contribution in [0.2, 0.25) is 0 Å². The first-order valence-electron chi connectivity index (χ1n) is 7.33. The molecule has 0 spiro atoms. The quantitative estimate of drug-likeness (QED) is 0.649. The molecule has 0 aromatic carbocycles. The average molecular weight is 269 g/mol. The molecular weight excluding hydrogens is 242 g/mol. The fraction of sp³-hybridized carbons (Fsp3) is 0.857. The number of nitrogens with one attached hydrogen (secondary N) is 2. The van der Waals surface area contributed by atoms with Crippen LogP contribution in [0.15, 0.2) is 0 Å². The summed E-state index contributed by atoms with van der Waals surface area (Å²) in [5.41, 5.74) is 5.71. The van der Waals surface area contributed by atoms with Crippen molar-refractivity contribution in [2.75, 3.05) is 6.54 Å². The van der Waals surface area contributed by atoms with Gasteiger partial charge >= 0.3 is 0 Å². The molecule has 0 saturated heterocycles. The van der Waals surface area contributed by atoms with Gasteiger partial charge in [-0.15, -0.1) is 0 Å². The first-order valence-corrected chi connectivity index (χ1v) is 7.33. The van der Waals surface area contributed by atoms with Gasteiger partial charge in [0.25, 0.3) is 0 Å². The summed E-state index contributed by atoms with van der Waals surface area (Å²) in [5, 5.41) is 5.58. The van der Waals surface area contributed by atoms with E-state index in [-0.39, 0.29) is 30.3 Å². The SMILES string of the molecule is CC(C)[C@H](N)C(=O)NCC(=O)NC1CCCCCC1. The van der Waals surface area contributed by atoms with Crippen LogP contribution in [0, 0.1) is 5.92 Å². The second-order valence-electron chi connectivity index (χ2n) is 5.74. The number of hydrogen-bond acceptors (Lipinski definition) is 3. The van der Waals surface area contributed by atoms with E-state index in [2.05, 4.69) is 10.6 Å². The molecular formula is C14H27N3O2. The Bertz CT molecular complexity index is 297. The summed E-state index contributed by atoms with van der Waals surface area (Å²) in [6.07, 6.45) is 6.96. The van der Waals surface area contributed by atoms with E-state index in [1.165, 1.54) is 25.7 Å². The van der Waals surface area contributed by atoms with Crippen LogP contribution < -0.4 is 16.4 Å². The highest BCUT2D eigenvalue weighted by Crippen LogP contribution is 2.16. The van der Waals surface area contributed by atoms with Gasteiger partial charge in [0.2, 0.25) is 11.8 Å². The number of carbonyl (C=O) groups excluding carboxylic acids is 2. The summed E-state index contributed by atoms with van der Waals surface area (Å²) in [6.45, 7) is 3.79. The van der Waals surface area contributed by atoms with Crippen molar-refractivity contribution in [3.63, 3.8) is 0 Å². The molecule has 1 atom stereocenters. The van der Waals surface area contributed by atoms with Gasteiger partial charge in [-0.2, -0.15) is 0 Å². The van der Waals surface area contributed by atoms with Gasteiger partial charge in [-0.3, -0.25) is 9.59 Å². The Balaban J connectivity index is 2.25. The van der Waals surface area contributed by atoms with Gasteiger partial charge < -0.3 is 16.4 Å². The van der Waals surface area contributed by atoms with Gasteiger partial charge in [-0.1, -0.05) is 39.5 Å². The van der Waals surface area contributed by atoms with E-state index in [1.54, 1.807) is 0 Å². The maximum Gasteiger partial charge on any atom is 0.239 e. The van der Waals surface area contributed by atoms with Gasteiger partial charge in [0.15, 0.2) is 0 Å². The molecule has 110 valence electrons. The molecule has 5 heteroatoms. The Hall–Kier alpha value is -1.10. The Kier molecular flexibility index (Phi) is 6.84. The summed E-state index contributed by atoms with van der Waals surface area (Å²) in [5.74, 6) is -0.299. The fourth-order valence-electron chi connectivity index (χ4n) is 2.29. The molecule has 1 aliphatic rings. The molecule has 1 aliphatic carbocycles. The van der Waals surface area contributed by atoms with Gasteiger partial charge in [0.05, 0.1) is 12.6 Å². The lowest BCUT2D eigenvalue weighted by atomic mass is 10.1. The normalized spacial score (nSPS) is 18.7. The molecule has 5 nitrogen and oxygen atoms in total. The largest absolute Gasteiger partial charge is 0.352 e. The van der Waals surface area contributed by atoms with Crippen molar-refractivity contribution in [2.24, 2.45) is 11.7 Å². The molecule has 0 radical (unpaired) electrons. The second-order valence-corrected chi connectivity index (χ2v) is 5.74. The zero-order chi connectivity index (χ0) is 14.3. The Labute approximate surface area is 115 Å². The third kappa shape index (κ3) is 6.05. The fourth-order valence-corrected chi connectivity index (χ4v) is 2.29. The van der Waals surface area contributed by atoms with Crippen LogP contribution in [0.25, 0.3) is 0 Å². The first kappa shape index (κ1) is 16.0. The van der Waals surface area contributed by atoms with E-state index in [4.69, 9.17) is 5.73 Å². The van der Waals surface area contributed by atoms with E-state index in [9.17, 15) is 9.59 Å². The zero-order valence-electron chi connectivity index (χ0n) is 12.1. The minimum Gasteiger partial charge on any atom is -0.352 e. The van der Waals surface area contributed by atoms with Gasteiger partial charge in [0.1, 0.15) is 0 Å². The smallest absolute Gasteiger partial charge is 0.239 e. The summed E-state index contributed by atoms with van der Waals surface area (Å²) in [6, 6.07) is -0.281. The van der Waals surface area contributed by atoms with Crippen LogP contribution in [0.3, 0.4) is 0 Å². The third-order valence-corrected chi connectivity index (χ3v) is 3.66. The third-order valence-electron chi connectivity index (χ3n) is 3.66. The molecule has 0 aliphatic heterocycles. The lowest BCUT2D eigenvalue weighted by Crippen LogP contribution is -2.48. The van der Waals surface area contributed by atoms with Crippen LogP contribution in [0.5, 0.6) is 0 Å². The monoisotopic (exact) mass is 269 g/mol. The van der Waals surface area contributed by atoms with Crippen LogP contribution >= 0.6 is 0 Å². The first-order chi connectivity index (χ1) is 9.00. The lowest BCUT2D eigenvalue weighted by molar-refractivity contribution is -0.127. The summed E-state index contributed by atoms with van der Waals surface area (Å²) in [7, 11) is 0. The highest BCUT2D eigenvalue weighted by Gasteiger charge is 2.19. The maximum atomic E-state index is 11.8. The van der Waals surface area contributed by atoms with Crippen LogP contribution in [0.4, 0.5) is 0 Å². The predicted octanol–water partition coefficient (Wildman–Crippen LogP) is 0.925. The number of carbonyl (C=O) groups is 2. The van der Waals surface area contributed by atoms with Crippen LogP contribution in [0.1, 0.15) is 52.4 Å². The van der Waals surface area contributed by atoms with Crippen LogP contribution in [-0.2, 0) is 9.59 Å². The van der Waals surface area contributed by atoms with Gasteiger partial charge in [0, 0.05) is 6.04 Å². The Morgan fingerprint density at radius 3 is 2.26 bits per heavy atom. The topological polar surface area (TPSA) is 84.2 Å². The summed E-state index contributed by atoms with van der Waals surface area (Å²) < 4.78 is 0. The maximum absolute atomic E-state index is 11.8. The molecule has 0 aromatic heterocycles. The Morgan fingerprint density at radius 1 is 1.16 bits per heavy atom. The van der Waals surface area contributed by atoms with Gasteiger partial charge in [-0.05, 0) is 18.8 Å². The number of rotatable bonds is 5. The van der Waals surface area contributed by atoms with Crippen molar-refractivity contribution < 1.29 is 9.59 Å². The molecule has 0 aromatic rings. The van der Waals surface area contributed by atoms with E-state index in [0.717, 1.165) is 12.8 Å². The predicted molar refractivity (Wildman–Crippen MR) is 75.5 cm³/mol. The van der Waals surface area contributed by atoms with Crippen molar-refractivity contribution in [2.45, 2.75) is 64.5 Å². The Morgan fingerprint density at radius 2 is 1.74 bits per heavy atom. The number of hydrogen-bond donors (Lipinski definition) is 3. The molecule has 1 saturated carbocycles. The molecule has 0 unspecified atom stereocenters. The zero-order valence-corrected chi connectivity index (χ0v) is 12.1. The van der Waals surface area contributed by atoms with Crippen molar-refractivity contribution in [3.8, 4) is 0 Å². The molecule has 19 heavy (non-hydrogen) atoms. The van der Waals surface area contributed by atoms with E-state index in [0.29, 0.717) is 0 Å². The second kappa shape index (κ2) is 8.15. The molecule has 4 N–H and O–H groups in total. The highest BCUT2D eigenvalue weighted by molar-refractivity contribution is 5.87. The molecule has 1 fully saturated rings. The molecule has 0 bridgehead atoms. The van der Waals surface area contributed by atoms with E-state index >= 15 is 0 Å². The highest BCUT2D eigenvalue weighted by atomic mass is 16.2.